The van der Waals surface area contributed by atoms with E-state index in [-0.39, 0.29) is 17.8 Å². The van der Waals surface area contributed by atoms with Crippen LogP contribution in [0.4, 0.5) is 15.9 Å². The van der Waals surface area contributed by atoms with Gasteiger partial charge < -0.3 is 16.2 Å². The van der Waals surface area contributed by atoms with Crippen LogP contribution in [0, 0.1) is 0 Å². The van der Waals surface area contributed by atoms with Crippen LogP contribution in [0.15, 0.2) is 12.3 Å². The van der Waals surface area contributed by atoms with E-state index in [2.05, 4.69) is 10.3 Å². The van der Waals surface area contributed by atoms with Crippen molar-refractivity contribution in [3.8, 4) is 0 Å². The fourth-order valence-electron chi connectivity index (χ4n) is 0.923. The molecule has 76 valence electrons. The number of nitrogens with zero attached hydrogens (tertiary/aromatic N) is 1. The Morgan fingerprint density at radius 2 is 2.43 bits per heavy atom. The third kappa shape index (κ3) is 2.32. The number of rotatable bonds is 4. The monoisotopic (exact) mass is 199 g/mol. The first-order chi connectivity index (χ1) is 6.65. The number of nitrogen functional groups attached to an aromatic ring is 1. The van der Waals surface area contributed by atoms with Gasteiger partial charge in [0.05, 0.1) is 17.4 Å². The predicted octanol–water partition coefficient (Wildman–Crippen LogP) is 0.743. The van der Waals surface area contributed by atoms with Crippen molar-refractivity contribution in [2.75, 3.05) is 24.3 Å². The van der Waals surface area contributed by atoms with Gasteiger partial charge in [0.1, 0.15) is 12.5 Å². The molecule has 1 heterocycles. The molecule has 1 rings (SSSR count). The zero-order chi connectivity index (χ0) is 10.6. The van der Waals surface area contributed by atoms with Crippen molar-refractivity contribution < 1.29 is 14.3 Å². The van der Waals surface area contributed by atoms with Gasteiger partial charge in [0.15, 0.2) is 0 Å². The van der Waals surface area contributed by atoms with Crippen LogP contribution in [-0.4, -0.2) is 29.3 Å². The first-order valence-electron chi connectivity index (χ1n) is 3.94. The summed E-state index contributed by atoms with van der Waals surface area (Å²) in [4.78, 5) is 14.4. The molecule has 1 aromatic rings. The van der Waals surface area contributed by atoms with E-state index in [4.69, 9.17) is 10.8 Å². The second kappa shape index (κ2) is 4.40. The van der Waals surface area contributed by atoms with Crippen LogP contribution in [0.3, 0.4) is 0 Å². The van der Waals surface area contributed by atoms with E-state index >= 15 is 0 Å². The van der Waals surface area contributed by atoms with Crippen molar-refractivity contribution in [3.05, 3.63) is 17.8 Å². The van der Waals surface area contributed by atoms with Gasteiger partial charge in [-0.1, -0.05) is 0 Å². The van der Waals surface area contributed by atoms with Gasteiger partial charge in [-0.05, 0) is 6.07 Å². The predicted molar refractivity (Wildman–Crippen MR) is 50.1 cm³/mol. The second-order valence-corrected chi connectivity index (χ2v) is 2.58. The van der Waals surface area contributed by atoms with Gasteiger partial charge in [0.25, 0.3) is 0 Å². The van der Waals surface area contributed by atoms with Gasteiger partial charge in [0.2, 0.25) is 0 Å². The molecule has 0 spiro atoms. The molecule has 4 N–H and O–H groups in total. The van der Waals surface area contributed by atoms with E-state index in [9.17, 15) is 9.18 Å². The molecule has 0 radical (unpaired) electrons. The number of hydrogen-bond acceptors (Lipinski definition) is 4. The molecule has 1 aromatic heterocycles. The van der Waals surface area contributed by atoms with E-state index < -0.39 is 12.6 Å². The lowest BCUT2D eigenvalue weighted by Gasteiger charge is -2.05. The smallest absolute Gasteiger partial charge is 0.337 e. The maximum Gasteiger partial charge on any atom is 0.337 e. The van der Waals surface area contributed by atoms with Crippen LogP contribution < -0.4 is 11.1 Å². The number of carboxylic acid groups (broad SMARTS) is 1. The summed E-state index contributed by atoms with van der Waals surface area (Å²) in [5.74, 6) is -0.831. The van der Waals surface area contributed by atoms with E-state index in [1.54, 1.807) is 0 Å². The summed E-state index contributed by atoms with van der Waals surface area (Å²) < 4.78 is 11.8. The number of nitrogens with one attached hydrogen (secondary N) is 1. The molecule has 0 aliphatic rings. The van der Waals surface area contributed by atoms with Crippen molar-refractivity contribution >= 4 is 17.5 Å². The minimum absolute atomic E-state index is 0.0404. The highest BCUT2D eigenvalue weighted by molar-refractivity contribution is 5.94. The average molecular weight is 199 g/mol. The van der Waals surface area contributed by atoms with Gasteiger partial charge >= 0.3 is 5.97 Å². The third-order valence-corrected chi connectivity index (χ3v) is 1.57. The summed E-state index contributed by atoms with van der Waals surface area (Å²) in [7, 11) is 0. The van der Waals surface area contributed by atoms with Crippen molar-refractivity contribution in [3.63, 3.8) is 0 Å². The number of alkyl halides is 1. The first-order valence-corrected chi connectivity index (χ1v) is 3.94. The Balaban J connectivity index is 2.89. The quantitative estimate of drug-likeness (QED) is 0.665. The average Bonchev–Trinajstić information content (AvgIpc) is 2.16. The van der Waals surface area contributed by atoms with E-state index in [0.717, 1.165) is 0 Å². The number of anilines is 2. The van der Waals surface area contributed by atoms with Gasteiger partial charge in [-0.3, -0.25) is 0 Å². The number of pyridine rings is 1. The van der Waals surface area contributed by atoms with Crippen LogP contribution >= 0.6 is 0 Å². The Hall–Kier alpha value is -1.85. The Kier molecular flexibility index (Phi) is 3.22. The summed E-state index contributed by atoms with van der Waals surface area (Å²) in [6, 6.07) is 1.27. The Labute approximate surface area is 79.8 Å². The maximum atomic E-state index is 11.8. The Bertz CT molecular complexity index is 343. The van der Waals surface area contributed by atoms with Gasteiger partial charge in [-0.15, -0.1) is 0 Å². The second-order valence-electron chi connectivity index (χ2n) is 2.58. The molecule has 0 atom stereocenters. The molecule has 0 aliphatic carbocycles. The summed E-state index contributed by atoms with van der Waals surface area (Å²) in [6.07, 6.45) is 1.23. The van der Waals surface area contributed by atoms with Crippen LogP contribution in [-0.2, 0) is 0 Å². The van der Waals surface area contributed by atoms with Crippen molar-refractivity contribution in [1.29, 1.82) is 0 Å². The minimum Gasteiger partial charge on any atom is -0.478 e. The molecule has 0 aromatic carbocycles. The summed E-state index contributed by atoms with van der Waals surface area (Å²) >= 11 is 0. The van der Waals surface area contributed by atoms with Gasteiger partial charge in [-0.25, -0.2) is 14.2 Å². The first kappa shape index (κ1) is 10.2. The lowest BCUT2D eigenvalue weighted by atomic mass is 10.2. The zero-order valence-corrected chi connectivity index (χ0v) is 7.33. The van der Waals surface area contributed by atoms with Gasteiger partial charge in [-0.2, -0.15) is 0 Å². The molecular weight excluding hydrogens is 189 g/mol. The number of hydrogen-bond donors (Lipinski definition) is 3. The summed E-state index contributed by atoms with van der Waals surface area (Å²) in [5.41, 5.74) is 5.42. The number of nitrogens with two attached hydrogens (primary N) is 1. The third-order valence-electron chi connectivity index (χ3n) is 1.57. The summed E-state index contributed by atoms with van der Waals surface area (Å²) in [6.45, 7) is -0.454. The molecule has 0 saturated carbocycles. The topological polar surface area (TPSA) is 88.2 Å². The van der Waals surface area contributed by atoms with E-state index in [1.165, 1.54) is 12.3 Å². The normalized spacial score (nSPS) is 9.79. The highest BCUT2D eigenvalue weighted by Gasteiger charge is 2.08. The Morgan fingerprint density at radius 3 is 3.00 bits per heavy atom. The van der Waals surface area contributed by atoms with Crippen LogP contribution in [0.5, 0.6) is 0 Å². The molecule has 14 heavy (non-hydrogen) atoms. The molecule has 6 heteroatoms. The molecule has 0 aliphatic heterocycles. The molecule has 0 amide bonds. The van der Waals surface area contributed by atoms with E-state index in [0.29, 0.717) is 5.82 Å². The molecular formula is C8H10FN3O2. The fraction of sp³-hybridized carbons (Fsp3) is 0.250. The molecule has 0 bridgehead atoms. The number of carboxylic acids is 1. The van der Waals surface area contributed by atoms with Crippen molar-refractivity contribution in [1.82, 2.24) is 4.98 Å². The SMILES string of the molecule is Nc1cnc(NCCF)cc1C(=O)O. The lowest BCUT2D eigenvalue weighted by molar-refractivity contribution is 0.0698. The number of carbonyl (C=O) groups is 1. The fourth-order valence-corrected chi connectivity index (χ4v) is 0.923. The van der Waals surface area contributed by atoms with Crippen LogP contribution in [0.2, 0.25) is 0 Å². The largest absolute Gasteiger partial charge is 0.478 e. The minimum atomic E-state index is -1.13. The zero-order valence-electron chi connectivity index (χ0n) is 7.33. The summed E-state index contributed by atoms with van der Waals surface area (Å²) in [5, 5.41) is 11.3. The maximum absolute atomic E-state index is 11.8. The number of aromatic carboxylic acids is 1. The number of halogens is 1. The van der Waals surface area contributed by atoms with E-state index in [1.807, 2.05) is 0 Å². The van der Waals surface area contributed by atoms with Gasteiger partial charge in [0, 0.05) is 6.54 Å². The highest BCUT2D eigenvalue weighted by Crippen LogP contribution is 2.14. The van der Waals surface area contributed by atoms with Crippen LogP contribution in [0.1, 0.15) is 10.4 Å². The van der Waals surface area contributed by atoms with Crippen LogP contribution in [0.25, 0.3) is 0 Å². The van der Waals surface area contributed by atoms with Crippen molar-refractivity contribution in [2.45, 2.75) is 0 Å². The highest BCUT2D eigenvalue weighted by atomic mass is 19.1. The number of aromatic nitrogens is 1. The molecule has 0 fully saturated rings. The van der Waals surface area contributed by atoms with Crippen molar-refractivity contribution in [2.24, 2.45) is 0 Å². The molecule has 0 saturated heterocycles. The Morgan fingerprint density at radius 1 is 1.71 bits per heavy atom. The lowest BCUT2D eigenvalue weighted by Crippen LogP contribution is -2.08. The molecule has 5 nitrogen and oxygen atoms in total. The standard InChI is InChI=1S/C8H10FN3O2/c9-1-2-11-7-3-5(8(13)14)6(10)4-12-7/h3-4H,1-2,10H2,(H,11,12)(H,13,14). The molecule has 0 unspecified atom stereocenters.